The molecule has 0 amide bonds. The highest BCUT2D eigenvalue weighted by Gasteiger charge is 2.08. The van der Waals surface area contributed by atoms with Crippen molar-refractivity contribution in [3.63, 3.8) is 0 Å². The van der Waals surface area contributed by atoms with E-state index in [1.165, 1.54) is 0 Å². The van der Waals surface area contributed by atoms with Gasteiger partial charge in [-0.1, -0.05) is 6.07 Å². The average molecular weight is 188 g/mol. The summed E-state index contributed by atoms with van der Waals surface area (Å²) in [6.45, 7) is 3.90. The Morgan fingerprint density at radius 3 is 2.71 bits per heavy atom. The smallest absolute Gasteiger partial charge is 0.127 e. The molecule has 2 aromatic rings. The van der Waals surface area contributed by atoms with Crippen molar-refractivity contribution in [2.45, 2.75) is 13.8 Å². The summed E-state index contributed by atoms with van der Waals surface area (Å²) in [7, 11) is 0. The van der Waals surface area contributed by atoms with Gasteiger partial charge in [0.05, 0.1) is 5.69 Å². The third-order valence-corrected chi connectivity index (χ3v) is 2.24. The normalized spacial score (nSPS) is 10.4. The highest BCUT2D eigenvalue weighted by atomic mass is 16.3. The first kappa shape index (κ1) is 8.81. The van der Waals surface area contributed by atoms with Crippen LogP contribution in [0.3, 0.4) is 0 Å². The summed E-state index contributed by atoms with van der Waals surface area (Å²) in [6, 6.07) is 5.74. The first-order valence-electron chi connectivity index (χ1n) is 4.48. The Labute approximate surface area is 82.4 Å². The molecule has 3 heteroatoms. The van der Waals surface area contributed by atoms with Crippen molar-refractivity contribution in [2.24, 2.45) is 0 Å². The molecular formula is C11H12N2O. The number of H-pyrrole nitrogens is 1. The molecule has 0 bridgehead atoms. The highest BCUT2D eigenvalue weighted by molar-refractivity contribution is 5.69. The maximum absolute atomic E-state index is 9.85. The molecule has 0 spiro atoms. The van der Waals surface area contributed by atoms with E-state index in [1.807, 2.05) is 32.0 Å². The number of aromatic amines is 1. The van der Waals surface area contributed by atoms with Crippen LogP contribution in [0.1, 0.15) is 11.1 Å². The first-order valence-corrected chi connectivity index (χ1v) is 4.48. The standard InChI is InChI=1S/C11H12N2O/c1-7-5-8(2)11(14)9(6-7)10-3-4-12-13-10/h3-6,14H,1-2H3,(H,12,13). The Hall–Kier alpha value is -1.77. The first-order chi connectivity index (χ1) is 6.68. The van der Waals surface area contributed by atoms with Crippen LogP contribution >= 0.6 is 0 Å². The van der Waals surface area contributed by atoms with Crippen LogP contribution in [0, 0.1) is 13.8 Å². The van der Waals surface area contributed by atoms with Gasteiger partial charge in [0.25, 0.3) is 0 Å². The lowest BCUT2D eigenvalue weighted by atomic mass is 10.0. The molecule has 0 aliphatic carbocycles. The second-order valence-corrected chi connectivity index (χ2v) is 3.45. The van der Waals surface area contributed by atoms with Crippen LogP contribution in [0.4, 0.5) is 0 Å². The number of phenols is 1. The largest absolute Gasteiger partial charge is 0.507 e. The fraction of sp³-hybridized carbons (Fsp3) is 0.182. The molecule has 0 unspecified atom stereocenters. The Morgan fingerprint density at radius 1 is 1.29 bits per heavy atom. The third kappa shape index (κ3) is 1.37. The molecule has 2 N–H and O–H groups in total. The van der Waals surface area contributed by atoms with Crippen molar-refractivity contribution >= 4 is 0 Å². The molecule has 1 heterocycles. The summed E-state index contributed by atoms with van der Waals surface area (Å²) in [5.41, 5.74) is 3.66. The predicted molar refractivity (Wildman–Crippen MR) is 55.2 cm³/mol. The molecule has 0 radical (unpaired) electrons. The van der Waals surface area contributed by atoms with Crippen molar-refractivity contribution < 1.29 is 5.11 Å². The number of hydrogen-bond acceptors (Lipinski definition) is 2. The molecule has 0 saturated carbocycles. The summed E-state index contributed by atoms with van der Waals surface area (Å²) < 4.78 is 0. The fourth-order valence-electron chi connectivity index (χ4n) is 1.57. The molecule has 0 atom stereocenters. The van der Waals surface area contributed by atoms with Crippen LogP contribution in [0.5, 0.6) is 5.75 Å². The van der Waals surface area contributed by atoms with Crippen LogP contribution in [-0.2, 0) is 0 Å². The molecule has 1 aromatic heterocycles. The second kappa shape index (κ2) is 3.18. The van der Waals surface area contributed by atoms with E-state index >= 15 is 0 Å². The zero-order chi connectivity index (χ0) is 10.1. The van der Waals surface area contributed by atoms with Gasteiger partial charge in [-0.3, -0.25) is 5.10 Å². The molecule has 72 valence electrons. The molecule has 1 aromatic carbocycles. The van der Waals surface area contributed by atoms with Gasteiger partial charge in [0, 0.05) is 11.8 Å². The summed E-state index contributed by atoms with van der Waals surface area (Å²) in [5, 5.41) is 16.5. The minimum atomic E-state index is 0.319. The highest BCUT2D eigenvalue weighted by Crippen LogP contribution is 2.31. The lowest BCUT2D eigenvalue weighted by Crippen LogP contribution is -1.85. The predicted octanol–water partition coefficient (Wildman–Crippen LogP) is 2.40. The summed E-state index contributed by atoms with van der Waals surface area (Å²) in [6.07, 6.45) is 1.67. The summed E-state index contributed by atoms with van der Waals surface area (Å²) in [5.74, 6) is 0.319. The van der Waals surface area contributed by atoms with E-state index in [-0.39, 0.29) is 0 Å². The van der Waals surface area contributed by atoms with E-state index in [9.17, 15) is 5.11 Å². The number of phenolic OH excluding ortho intramolecular Hbond substituents is 1. The number of aromatic hydroxyl groups is 1. The number of aryl methyl sites for hydroxylation is 2. The number of nitrogens with one attached hydrogen (secondary N) is 1. The number of hydrogen-bond donors (Lipinski definition) is 2. The quantitative estimate of drug-likeness (QED) is 0.722. The molecule has 0 saturated heterocycles. The zero-order valence-electron chi connectivity index (χ0n) is 8.20. The maximum atomic E-state index is 9.85. The number of rotatable bonds is 1. The van der Waals surface area contributed by atoms with Gasteiger partial charge < -0.3 is 5.11 Å². The van der Waals surface area contributed by atoms with Crippen molar-refractivity contribution in [3.8, 4) is 17.0 Å². The summed E-state index contributed by atoms with van der Waals surface area (Å²) >= 11 is 0. The van der Waals surface area contributed by atoms with Gasteiger partial charge in [-0.05, 0) is 37.1 Å². The van der Waals surface area contributed by atoms with Gasteiger partial charge in [-0.15, -0.1) is 0 Å². The maximum Gasteiger partial charge on any atom is 0.127 e. The van der Waals surface area contributed by atoms with E-state index in [0.717, 1.165) is 22.4 Å². The minimum Gasteiger partial charge on any atom is -0.507 e. The average Bonchev–Trinajstić information content (AvgIpc) is 2.63. The number of nitrogens with zero attached hydrogens (tertiary/aromatic N) is 1. The molecule has 0 aliphatic rings. The van der Waals surface area contributed by atoms with Crippen molar-refractivity contribution in [1.29, 1.82) is 0 Å². The van der Waals surface area contributed by atoms with E-state index in [1.54, 1.807) is 6.20 Å². The molecule has 14 heavy (non-hydrogen) atoms. The van der Waals surface area contributed by atoms with Gasteiger partial charge in [0.1, 0.15) is 5.75 Å². The van der Waals surface area contributed by atoms with Crippen molar-refractivity contribution in [1.82, 2.24) is 10.2 Å². The second-order valence-electron chi connectivity index (χ2n) is 3.45. The monoisotopic (exact) mass is 188 g/mol. The van der Waals surface area contributed by atoms with E-state index < -0.39 is 0 Å². The molecule has 2 rings (SSSR count). The number of benzene rings is 1. The Morgan fingerprint density at radius 2 is 2.07 bits per heavy atom. The van der Waals surface area contributed by atoms with Crippen LogP contribution in [0.2, 0.25) is 0 Å². The Bertz CT molecular complexity index is 447. The Kier molecular flexibility index (Phi) is 2.00. The van der Waals surface area contributed by atoms with Crippen LogP contribution < -0.4 is 0 Å². The van der Waals surface area contributed by atoms with Gasteiger partial charge in [0.2, 0.25) is 0 Å². The topological polar surface area (TPSA) is 48.9 Å². The number of aromatic nitrogens is 2. The summed E-state index contributed by atoms with van der Waals surface area (Å²) in [4.78, 5) is 0. The molecule has 0 aliphatic heterocycles. The van der Waals surface area contributed by atoms with Crippen molar-refractivity contribution in [3.05, 3.63) is 35.5 Å². The minimum absolute atomic E-state index is 0.319. The Balaban J connectivity index is 2.64. The SMILES string of the molecule is Cc1cc(C)c(O)c(-c2ccn[nH]2)c1. The van der Waals surface area contributed by atoms with Gasteiger partial charge in [0.15, 0.2) is 0 Å². The lowest BCUT2D eigenvalue weighted by molar-refractivity contribution is 0.473. The zero-order valence-corrected chi connectivity index (χ0v) is 8.20. The van der Waals surface area contributed by atoms with E-state index in [0.29, 0.717) is 5.75 Å². The van der Waals surface area contributed by atoms with Crippen molar-refractivity contribution in [2.75, 3.05) is 0 Å². The molecule has 3 nitrogen and oxygen atoms in total. The van der Waals surface area contributed by atoms with Gasteiger partial charge >= 0.3 is 0 Å². The van der Waals surface area contributed by atoms with Gasteiger partial charge in [-0.2, -0.15) is 5.10 Å². The third-order valence-electron chi connectivity index (χ3n) is 2.24. The molecule has 0 fully saturated rings. The fourth-order valence-corrected chi connectivity index (χ4v) is 1.57. The van der Waals surface area contributed by atoms with Crippen LogP contribution in [0.25, 0.3) is 11.3 Å². The van der Waals surface area contributed by atoms with Crippen LogP contribution in [-0.4, -0.2) is 15.3 Å². The van der Waals surface area contributed by atoms with E-state index in [2.05, 4.69) is 10.2 Å². The van der Waals surface area contributed by atoms with Gasteiger partial charge in [-0.25, -0.2) is 0 Å². The molecular weight excluding hydrogens is 176 g/mol. The van der Waals surface area contributed by atoms with E-state index in [4.69, 9.17) is 0 Å². The van der Waals surface area contributed by atoms with Crippen LogP contribution in [0.15, 0.2) is 24.4 Å². The lowest BCUT2D eigenvalue weighted by Gasteiger charge is -2.06.